The van der Waals surface area contributed by atoms with Crippen molar-refractivity contribution in [3.63, 3.8) is 0 Å². The van der Waals surface area contributed by atoms with E-state index in [9.17, 15) is 4.79 Å². The largest absolute Gasteiger partial charge is 0.378 e. The molecule has 0 saturated carbocycles. The molecule has 0 bridgehead atoms. The quantitative estimate of drug-likeness (QED) is 0.838. The molecule has 1 aliphatic rings. The van der Waals surface area contributed by atoms with Gasteiger partial charge in [0.15, 0.2) is 0 Å². The van der Waals surface area contributed by atoms with Gasteiger partial charge in [-0.25, -0.2) is 0 Å². The SMILES string of the molecule is CN(C)c1cccc(CNC(=O)[C@@H]2CC[C@H](CN)O2)c1. The van der Waals surface area contributed by atoms with Gasteiger partial charge >= 0.3 is 0 Å². The Labute approximate surface area is 120 Å². The number of ether oxygens (including phenoxy) is 1. The Morgan fingerprint density at radius 3 is 2.90 bits per heavy atom. The van der Waals surface area contributed by atoms with Crippen LogP contribution in [0.5, 0.6) is 0 Å². The van der Waals surface area contributed by atoms with Crippen molar-refractivity contribution in [3.8, 4) is 0 Å². The molecule has 1 saturated heterocycles. The van der Waals surface area contributed by atoms with Crippen molar-refractivity contribution in [1.29, 1.82) is 0 Å². The molecule has 2 atom stereocenters. The first-order valence-corrected chi connectivity index (χ1v) is 6.99. The van der Waals surface area contributed by atoms with Gasteiger partial charge in [-0.3, -0.25) is 4.79 Å². The van der Waals surface area contributed by atoms with Crippen LogP contribution in [0.15, 0.2) is 24.3 Å². The number of hydrogen-bond donors (Lipinski definition) is 2. The van der Waals surface area contributed by atoms with Gasteiger partial charge in [0.1, 0.15) is 6.10 Å². The van der Waals surface area contributed by atoms with Crippen LogP contribution in [0.25, 0.3) is 0 Å². The van der Waals surface area contributed by atoms with Crippen LogP contribution >= 0.6 is 0 Å². The van der Waals surface area contributed by atoms with E-state index in [0.29, 0.717) is 13.1 Å². The molecule has 1 aromatic carbocycles. The maximum absolute atomic E-state index is 12.0. The zero-order chi connectivity index (χ0) is 14.5. The number of hydrogen-bond acceptors (Lipinski definition) is 4. The fourth-order valence-electron chi connectivity index (χ4n) is 2.32. The van der Waals surface area contributed by atoms with Gasteiger partial charge in [0.25, 0.3) is 0 Å². The van der Waals surface area contributed by atoms with Crippen molar-refractivity contribution >= 4 is 11.6 Å². The number of carbonyl (C=O) groups is 1. The summed E-state index contributed by atoms with van der Waals surface area (Å²) in [5, 5.41) is 2.93. The zero-order valence-electron chi connectivity index (χ0n) is 12.1. The highest BCUT2D eigenvalue weighted by molar-refractivity contribution is 5.81. The molecule has 110 valence electrons. The lowest BCUT2D eigenvalue weighted by Gasteiger charge is -2.15. The molecular weight excluding hydrogens is 254 g/mol. The maximum atomic E-state index is 12.0. The van der Waals surface area contributed by atoms with E-state index in [4.69, 9.17) is 10.5 Å². The highest BCUT2D eigenvalue weighted by Gasteiger charge is 2.29. The van der Waals surface area contributed by atoms with Crippen LogP contribution in [0, 0.1) is 0 Å². The molecule has 0 aliphatic carbocycles. The fraction of sp³-hybridized carbons (Fsp3) is 0.533. The molecule has 0 spiro atoms. The molecule has 2 rings (SSSR count). The van der Waals surface area contributed by atoms with Crippen molar-refractivity contribution in [2.45, 2.75) is 31.6 Å². The maximum Gasteiger partial charge on any atom is 0.249 e. The number of carbonyl (C=O) groups excluding carboxylic acids is 1. The molecule has 5 nitrogen and oxygen atoms in total. The highest BCUT2D eigenvalue weighted by Crippen LogP contribution is 2.19. The molecular formula is C15H23N3O2. The van der Waals surface area contributed by atoms with E-state index in [1.807, 2.05) is 37.2 Å². The van der Waals surface area contributed by atoms with E-state index in [2.05, 4.69) is 11.4 Å². The van der Waals surface area contributed by atoms with E-state index < -0.39 is 0 Å². The van der Waals surface area contributed by atoms with E-state index in [0.717, 1.165) is 24.1 Å². The summed E-state index contributed by atoms with van der Waals surface area (Å²) < 4.78 is 5.58. The van der Waals surface area contributed by atoms with Crippen molar-refractivity contribution in [3.05, 3.63) is 29.8 Å². The van der Waals surface area contributed by atoms with E-state index >= 15 is 0 Å². The van der Waals surface area contributed by atoms with Crippen molar-refractivity contribution in [2.24, 2.45) is 5.73 Å². The normalized spacial score (nSPS) is 21.8. The third-order valence-electron chi connectivity index (χ3n) is 3.56. The summed E-state index contributed by atoms with van der Waals surface area (Å²) in [5.74, 6) is -0.0452. The van der Waals surface area contributed by atoms with Crippen LogP contribution in [0.2, 0.25) is 0 Å². The Morgan fingerprint density at radius 2 is 2.25 bits per heavy atom. The van der Waals surface area contributed by atoms with Gasteiger partial charge in [0.05, 0.1) is 6.10 Å². The predicted molar refractivity (Wildman–Crippen MR) is 79.6 cm³/mol. The molecule has 0 aromatic heterocycles. The van der Waals surface area contributed by atoms with Crippen LogP contribution in [0.3, 0.4) is 0 Å². The Bertz CT molecular complexity index is 462. The average Bonchev–Trinajstić information content (AvgIpc) is 2.94. The Morgan fingerprint density at radius 1 is 1.45 bits per heavy atom. The van der Waals surface area contributed by atoms with Gasteiger partial charge in [0.2, 0.25) is 5.91 Å². The summed E-state index contributed by atoms with van der Waals surface area (Å²) in [6, 6.07) is 8.11. The molecule has 3 N–H and O–H groups in total. The first-order chi connectivity index (χ1) is 9.60. The molecule has 1 aliphatic heterocycles. The second-order valence-electron chi connectivity index (χ2n) is 5.34. The first-order valence-electron chi connectivity index (χ1n) is 6.99. The molecule has 1 heterocycles. The summed E-state index contributed by atoms with van der Waals surface area (Å²) >= 11 is 0. The lowest BCUT2D eigenvalue weighted by molar-refractivity contribution is -0.132. The van der Waals surface area contributed by atoms with Crippen molar-refractivity contribution in [1.82, 2.24) is 5.32 Å². The van der Waals surface area contributed by atoms with Crippen LogP contribution in [-0.4, -0.2) is 38.8 Å². The number of nitrogens with two attached hydrogens (primary N) is 1. The third kappa shape index (κ3) is 3.71. The fourth-order valence-corrected chi connectivity index (χ4v) is 2.32. The lowest BCUT2D eigenvalue weighted by Crippen LogP contribution is -2.35. The number of amides is 1. The van der Waals surface area contributed by atoms with Crippen LogP contribution in [0.4, 0.5) is 5.69 Å². The van der Waals surface area contributed by atoms with Crippen molar-refractivity contribution in [2.75, 3.05) is 25.5 Å². The standard InChI is InChI=1S/C15H23N3O2/c1-18(2)12-5-3-4-11(8-12)10-17-15(19)14-7-6-13(9-16)20-14/h3-5,8,13-14H,6-7,9-10,16H2,1-2H3,(H,17,19)/t13-,14+/m1/s1. The van der Waals surface area contributed by atoms with Crippen LogP contribution in [0.1, 0.15) is 18.4 Å². The Balaban J connectivity index is 1.86. The predicted octanol–water partition coefficient (Wildman–Crippen LogP) is 0.875. The zero-order valence-corrected chi connectivity index (χ0v) is 12.1. The van der Waals surface area contributed by atoms with Crippen LogP contribution < -0.4 is 16.0 Å². The number of nitrogens with zero attached hydrogens (tertiary/aromatic N) is 1. The number of nitrogens with one attached hydrogen (secondary N) is 1. The van der Waals surface area contributed by atoms with Crippen LogP contribution in [-0.2, 0) is 16.1 Å². The highest BCUT2D eigenvalue weighted by atomic mass is 16.5. The molecule has 1 aromatic rings. The molecule has 0 radical (unpaired) electrons. The monoisotopic (exact) mass is 277 g/mol. The smallest absolute Gasteiger partial charge is 0.249 e. The summed E-state index contributed by atoms with van der Waals surface area (Å²) in [4.78, 5) is 14.1. The van der Waals surface area contributed by atoms with Gasteiger partial charge in [-0.2, -0.15) is 0 Å². The Kier molecular flexibility index (Phi) is 4.98. The topological polar surface area (TPSA) is 67.6 Å². The van der Waals surface area contributed by atoms with Crippen molar-refractivity contribution < 1.29 is 9.53 Å². The Hall–Kier alpha value is -1.59. The second-order valence-corrected chi connectivity index (χ2v) is 5.34. The van der Waals surface area contributed by atoms with Gasteiger partial charge in [-0.15, -0.1) is 0 Å². The molecule has 1 amide bonds. The minimum absolute atomic E-state index is 0.0304. The molecule has 1 fully saturated rings. The van der Waals surface area contributed by atoms with Gasteiger partial charge in [-0.1, -0.05) is 12.1 Å². The number of anilines is 1. The third-order valence-corrected chi connectivity index (χ3v) is 3.56. The average molecular weight is 277 g/mol. The molecule has 5 heteroatoms. The summed E-state index contributed by atoms with van der Waals surface area (Å²) in [5.41, 5.74) is 7.75. The van der Waals surface area contributed by atoms with E-state index in [1.54, 1.807) is 0 Å². The summed E-state index contributed by atoms with van der Waals surface area (Å²) in [7, 11) is 3.99. The first kappa shape index (κ1) is 14.8. The number of benzene rings is 1. The minimum Gasteiger partial charge on any atom is -0.378 e. The second kappa shape index (κ2) is 6.72. The summed E-state index contributed by atoms with van der Waals surface area (Å²) in [6.45, 7) is 1.00. The van der Waals surface area contributed by atoms with Gasteiger partial charge in [-0.05, 0) is 30.5 Å². The summed E-state index contributed by atoms with van der Waals surface area (Å²) in [6.07, 6.45) is 1.30. The van der Waals surface area contributed by atoms with E-state index in [-0.39, 0.29) is 18.1 Å². The van der Waals surface area contributed by atoms with E-state index in [1.165, 1.54) is 0 Å². The van der Waals surface area contributed by atoms with Gasteiger partial charge in [0, 0.05) is 32.9 Å². The number of rotatable bonds is 5. The minimum atomic E-state index is -0.347. The molecule has 20 heavy (non-hydrogen) atoms. The molecule has 0 unspecified atom stereocenters. The van der Waals surface area contributed by atoms with Gasteiger partial charge < -0.3 is 20.7 Å². The lowest BCUT2D eigenvalue weighted by atomic mass is 10.1.